The van der Waals surface area contributed by atoms with E-state index in [1.54, 1.807) is 0 Å². The Labute approximate surface area is 133 Å². The molecular formula is C18H39N3. The molecule has 0 spiro atoms. The number of rotatable bonds is 11. The van der Waals surface area contributed by atoms with Crippen LogP contribution < -0.4 is 5.32 Å². The molecule has 0 bridgehead atoms. The van der Waals surface area contributed by atoms with Crippen molar-refractivity contribution in [1.82, 2.24) is 15.1 Å². The maximum absolute atomic E-state index is 3.56. The van der Waals surface area contributed by atoms with E-state index in [-0.39, 0.29) is 0 Å². The summed E-state index contributed by atoms with van der Waals surface area (Å²) in [4.78, 5) is 5.18. The summed E-state index contributed by atoms with van der Waals surface area (Å²) in [6.07, 6.45) is 5.49. The minimum atomic E-state index is 0.870. The van der Waals surface area contributed by atoms with Gasteiger partial charge in [0.2, 0.25) is 0 Å². The second kappa shape index (κ2) is 11.4. The molecule has 3 heteroatoms. The molecule has 2 atom stereocenters. The summed E-state index contributed by atoms with van der Waals surface area (Å²) in [5.74, 6) is 1.78. The molecule has 0 aromatic rings. The van der Waals surface area contributed by atoms with Crippen LogP contribution in [-0.2, 0) is 0 Å². The van der Waals surface area contributed by atoms with Gasteiger partial charge in [0, 0.05) is 0 Å². The minimum Gasteiger partial charge on any atom is -0.316 e. The van der Waals surface area contributed by atoms with Gasteiger partial charge in [-0.1, -0.05) is 27.7 Å². The van der Waals surface area contributed by atoms with Gasteiger partial charge in [-0.3, -0.25) is 0 Å². The first-order valence-electron chi connectivity index (χ1n) is 9.36. The van der Waals surface area contributed by atoms with Crippen LogP contribution >= 0.6 is 0 Å². The van der Waals surface area contributed by atoms with Crippen molar-refractivity contribution in [2.75, 3.05) is 52.4 Å². The first-order chi connectivity index (χ1) is 10.2. The van der Waals surface area contributed by atoms with Crippen LogP contribution in [0.1, 0.15) is 53.4 Å². The van der Waals surface area contributed by atoms with Crippen LogP contribution in [0.4, 0.5) is 0 Å². The lowest BCUT2D eigenvalue weighted by Gasteiger charge is -2.30. The molecule has 0 saturated carbocycles. The summed E-state index contributed by atoms with van der Waals surface area (Å²) in [5.41, 5.74) is 0. The number of nitrogens with one attached hydrogen (secondary N) is 1. The van der Waals surface area contributed by atoms with Gasteiger partial charge in [0.15, 0.2) is 0 Å². The third-order valence-corrected chi connectivity index (χ3v) is 5.33. The molecule has 1 aliphatic rings. The highest BCUT2D eigenvalue weighted by Crippen LogP contribution is 2.22. The van der Waals surface area contributed by atoms with E-state index >= 15 is 0 Å². The van der Waals surface area contributed by atoms with Gasteiger partial charge >= 0.3 is 0 Å². The van der Waals surface area contributed by atoms with Gasteiger partial charge < -0.3 is 15.1 Å². The SMILES string of the molecule is CCN(CC)CCCN(CC)CCC(C)C1CCCNC1. The summed E-state index contributed by atoms with van der Waals surface area (Å²) in [5, 5.41) is 3.56. The van der Waals surface area contributed by atoms with Crippen LogP contribution in [0.25, 0.3) is 0 Å². The fourth-order valence-electron chi connectivity index (χ4n) is 3.47. The number of nitrogens with zero attached hydrogens (tertiary/aromatic N) is 2. The molecular weight excluding hydrogens is 258 g/mol. The van der Waals surface area contributed by atoms with Crippen molar-refractivity contribution >= 4 is 0 Å². The van der Waals surface area contributed by atoms with Crippen LogP contribution in [-0.4, -0.2) is 62.2 Å². The molecule has 3 nitrogen and oxygen atoms in total. The maximum Gasteiger partial charge on any atom is -0.000666 e. The predicted molar refractivity (Wildman–Crippen MR) is 93.9 cm³/mol. The summed E-state index contributed by atoms with van der Waals surface area (Å²) in [6, 6.07) is 0. The quantitative estimate of drug-likeness (QED) is 0.632. The fraction of sp³-hybridized carbons (Fsp3) is 1.00. The van der Waals surface area contributed by atoms with E-state index in [2.05, 4.69) is 42.8 Å². The molecule has 0 aromatic heterocycles. The van der Waals surface area contributed by atoms with Gasteiger partial charge in [-0.25, -0.2) is 0 Å². The van der Waals surface area contributed by atoms with E-state index in [0.29, 0.717) is 0 Å². The van der Waals surface area contributed by atoms with Crippen molar-refractivity contribution in [2.24, 2.45) is 11.8 Å². The van der Waals surface area contributed by atoms with E-state index < -0.39 is 0 Å². The Bertz CT molecular complexity index is 235. The van der Waals surface area contributed by atoms with E-state index in [0.717, 1.165) is 11.8 Å². The average molecular weight is 298 g/mol. The van der Waals surface area contributed by atoms with E-state index in [1.807, 2.05) is 0 Å². The van der Waals surface area contributed by atoms with Crippen molar-refractivity contribution in [2.45, 2.75) is 53.4 Å². The second-order valence-electron chi connectivity index (χ2n) is 6.69. The third-order valence-electron chi connectivity index (χ3n) is 5.33. The Morgan fingerprint density at radius 1 is 1.00 bits per heavy atom. The Morgan fingerprint density at radius 2 is 1.67 bits per heavy atom. The summed E-state index contributed by atoms with van der Waals surface area (Å²) < 4.78 is 0. The highest BCUT2D eigenvalue weighted by molar-refractivity contribution is 4.75. The Kier molecular flexibility index (Phi) is 10.3. The predicted octanol–water partition coefficient (Wildman–Crippen LogP) is 3.07. The second-order valence-corrected chi connectivity index (χ2v) is 6.69. The molecule has 1 saturated heterocycles. The van der Waals surface area contributed by atoms with Crippen LogP contribution in [0, 0.1) is 11.8 Å². The lowest BCUT2D eigenvalue weighted by Crippen LogP contribution is -2.35. The Hall–Kier alpha value is -0.120. The van der Waals surface area contributed by atoms with Crippen molar-refractivity contribution in [3.63, 3.8) is 0 Å². The summed E-state index contributed by atoms with van der Waals surface area (Å²) >= 11 is 0. The maximum atomic E-state index is 3.56. The molecule has 1 fully saturated rings. The van der Waals surface area contributed by atoms with Crippen LogP contribution in [0.15, 0.2) is 0 Å². The zero-order chi connectivity index (χ0) is 15.5. The molecule has 2 unspecified atom stereocenters. The fourth-order valence-corrected chi connectivity index (χ4v) is 3.47. The first-order valence-corrected chi connectivity index (χ1v) is 9.36. The molecule has 0 aliphatic carbocycles. The average Bonchev–Trinajstić information content (AvgIpc) is 2.55. The molecule has 126 valence electrons. The first kappa shape index (κ1) is 18.9. The highest BCUT2D eigenvalue weighted by atomic mass is 15.1. The van der Waals surface area contributed by atoms with Gasteiger partial charge in [0.1, 0.15) is 0 Å². The molecule has 21 heavy (non-hydrogen) atoms. The number of piperidine rings is 1. The number of hydrogen-bond donors (Lipinski definition) is 1. The largest absolute Gasteiger partial charge is 0.316 e. The minimum absolute atomic E-state index is 0.870. The normalized spacial score (nSPS) is 21.1. The monoisotopic (exact) mass is 297 g/mol. The zero-order valence-corrected chi connectivity index (χ0v) is 15.0. The number of hydrogen-bond acceptors (Lipinski definition) is 3. The van der Waals surface area contributed by atoms with Gasteiger partial charge in [-0.05, 0) is 89.9 Å². The molecule has 1 aliphatic heterocycles. The topological polar surface area (TPSA) is 18.5 Å². The van der Waals surface area contributed by atoms with E-state index in [1.165, 1.54) is 78.0 Å². The van der Waals surface area contributed by atoms with Gasteiger partial charge in [-0.2, -0.15) is 0 Å². The molecule has 0 radical (unpaired) electrons. The van der Waals surface area contributed by atoms with Crippen LogP contribution in [0.3, 0.4) is 0 Å². The van der Waals surface area contributed by atoms with Crippen molar-refractivity contribution in [3.05, 3.63) is 0 Å². The van der Waals surface area contributed by atoms with Gasteiger partial charge in [0.25, 0.3) is 0 Å². The van der Waals surface area contributed by atoms with Gasteiger partial charge in [0.05, 0.1) is 0 Å². The van der Waals surface area contributed by atoms with E-state index in [4.69, 9.17) is 0 Å². The zero-order valence-electron chi connectivity index (χ0n) is 15.0. The summed E-state index contributed by atoms with van der Waals surface area (Å²) in [7, 11) is 0. The molecule has 0 aromatic carbocycles. The lowest BCUT2D eigenvalue weighted by atomic mass is 9.85. The third kappa shape index (κ3) is 7.62. The van der Waals surface area contributed by atoms with Crippen LogP contribution in [0.5, 0.6) is 0 Å². The van der Waals surface area contributed by atoms with Crippen molar-refractivity contribution in [1.29, 1.82) is 0 Å². The van der Waals surface area contributed by atoms with E-state index in [9.17, 15) is 0 Å². The highest BCUT2D eigenvalue weighted by Gasteiger charge is 2.20. The van der Waals surface area contributed by atoms with Gasteiger partial charge in [-0.15, -0.1) is 0 Å². The lowest BCUT2D eigenvalue weighted by molar-refractivity contribution is 0.206. The smallest absolute Gasteiger partial charge is 0.000666 e. The summed E-state index contributed by atoms with van der Waals surface area (Å²) in [6.45, 7) is 19.2. The standard InChI is InChI=1S/C18H39N3/c1-5-20(6-2)13-9-14-21(7-3)15-11-17(4)18-10-8-12-19-16-18/h17-19H,5-16H2,1-4H3. The Morgan fingerprint density at radius 3 is 2.24 bits per heavy atom. The molecule has 1 N–H and O–H groups in total. The van der Waals surface area contributed by atoms with Crippen molar-refractivity contribution < 1.29 is 0 Å². The van der Waals surface area contributed by atoms with Crippen LogP contribution in [0.2, 0.25) is 0 Å². The molecule has 0 amide bonds. The Balaban J connectivity index is 2.17. The molecule has 1 rings (SSSR count). The van der Waals surface area contributed by atoms with Crippen molar-refractivity contribution in [3.8, 4) is 0 Å². The molecule has 1 heterocycles.